The Hall–Kier alpha value is -1.63. The Morgan fingerprint density at radius 2 is 1.95 bits per heavy atom. The van der Waals surface area contributed by atoms with Crippen molar-refractivity contribution < 1.29 is 14.4 Å². The van der Waals surface area contributed by atoms with Crippen LogP contribution < -0.4 is 11.1 Å². The molecule has 7 heteroatoms. The molecule has 0 bridgehead atoms. The van der Waals surface area contributed by atoms with E-state index in [4.69, 9.17) is 5.73 Å². The minimum Gasteiger partial charge on any atom is -0.341 e. The number of nitrogens with zero attached hydrogens (tertiary/aromatic N) is 2. The lowest BCUT2D eigenvalue weighted by Crippen LogP contribution is -2.47. The number of imide groups is 1. The lowest BCUT2D eigenvalue weighted by molar-refractivity contribution is -0.138. The van der Waals surface area contributed by atoms with Crippen LogP contribution in [0.5, 0.6) is 0 Å². The molecule has 1 atom stereocenters. The predicted octanol–water partition coefficient (Wildman–Crippen LogP) is 0.294. The number of nitrogens with one attached hydrogen (secondary N) is 1. The zero-order valence-electron chi connectivity index (χ0n) is 13.6. The van der Waals surface area contributed by atoms with Crippen LogP contribution in [0, 0.1) is 5.41 Å². The van der Waals surface area contributed by atoms with Gasteiger partial charge >= 0.3 is 6.03 Å². The summed E-state index contributed by atoms with van der Waals surface area (Å²) in [6, 6.07) is -0.470. The zero-order valence-corrected chi connectivity index (χ0v) is 13.6. The number of urea groups is 1. The first-order valence-electron chi connectivity index (χ1n) is 7.93. The monoisotopic (exact) mass is 310 g/mol. The fraction of sp³-hybridized carbons (Fsp3) is 0.800. The van der Waals surface area contributed by atoms with E-state index in [9.17, 15) is 14.4 Å². The van der Waals surface area contributed by atoms with Crippen LogP contribution in [-0.2, 0) is 9.59 Å². The van der Waals surface area contributed by atoms with Gasteiger partial charge < -0.3 is 16.0 Å². The summed E-state index contributed by atoms with van der Waals surface area (Å²) in [5.74, 6) is -0.486. The Labute approximate surface area is 131 Å². The van der Waals surface area contributed by atoms with Crippen molar-refractivity contribution >= 4 is 17.8 Å². The molecule has 4 amide bonds. The maximum absolute atomic E-state index is 12.5. The largest absolute Gasteiger partial charge is 0.341 e. The van der Waals surface area contributed by atoms with E-state index in [1.807, 2.05) is 20.8 Å². The van der Waals surface area contributed by atoms with E-state index in [1.54, 1.807) is 4.90 Å². The van der Waals surface area contributed by atoms with Gasteiger partial charge in [0.25, 0.3) is 5.91 Å². The molecular formula is C15H26N4O3. The summed E-state index contributed by atoms with van der Waals surface area (Å²) < 4.78 is 0. The molecule has 2 aliphatic heterocycles. The number of hydrogen-bond donors (Lipinski definition) is 2. The molecule has 1 unspecified atom stereocenters. The average molecular weight is 310 g/mol. The number of nitrogens with two attached hydrogens (primary N) is 1. The SMILES string of the molecule is CCC1(CC)NC(=O)N(CC(=O)N2CCC(C)(CN)C2)C1=O. The van der Waals surface area contributed by atoms with Gasteiger partial charge in [-0.05, 0) is 31.2 Å². The van der Waals surface area contributed by atoms with Gasteiger partial charge in [-0.15, -0.1) is 0 Å². The maximum atomic E-state index is 12.5. The summed E-state index contributed by atoms with van der Waals surface area (Å²) in [5.41, 5.74) is 4.82. The quantitative estimate of drug-likeness (QED) is 0.714. The summed E-state index contributed by atoms with van der Waals surface area (Å²) in [7, 11) is 0. The van der Waals surface area contributed by atoms with Crippen LogP contribution in [-0.4, -0.2) is 59.4 Å². The van der Waals surface area contributed by atoms with Crippen LogP contribution in [0.4, 0.5) is 4.79 Å². The normalized spacial score (nSPS) is 27.5. The predicted molar refractivity (Wildman–Crippen MR) is 81.9 cm³/mol. The second-order valence-corrected chi connectivity index (χ2v) is 6.69. The maximum Gasteiger partial charge on any atom is 0.325 e. The van der Waals surface area contributed by atoms with Gasteiger partial charge in [0.15, 0.2) is 0 Å². The third-order valence-electron chi connectivity index (χ3n) is 5.15. The number of likely N-dealkylation sites (tertiary alicyclic amines) is 1. The van der Waals surface area contributed by atoms with Crippen molar-refractivity contribution in [2.45, 2.75) is 45.6 Å². The van der Waals surface area contributed by atoms with Crippen LogP contribution in [0.15, 0.2) is 0 Å². The molecular weight excluding hydrogens is 284 g/mol. The summed E-state index contributed by atoms with van der Waals surface area (Å²) in [6.45, 7) is 7.32. The molecule has 2 aliphatic rings. The van der Waals surface area contributed by atoms with Gasteiger partial charge in [0.1, 0.15) is 12.1 Å². The molecule has 2 fully saturated rings. The highest BCUT2D eigenvalue weighted by Crippen LogP contribution is 2.29. The summed E-state index contributed by atoms with van der Waals surface area (Å²) >= 11 is 0. The van der Waals surface area contributed by atoms with Crippen molar-refractivity contribution in [1.29, 1.82) is 0 Å². The Morgan fingerprint density at radius 3 is 2.41 bits per heavy atom. The molecule has 0 aromatic heterocycles. The lowest BCUT2D eigenvalue weighted by Gasteiger charge is -2.25. The van der Waals surface area contributed by atoms with E-state index in [0.717, 1.165) is 11.3 Å². The number of amides is 4. The van der Waals surface area contributed by atoms with Crippen LogP contribution >= 0.6 is 0 Å². The summed E-state index contributed by atoms with van der Waals surface area (Å²) in [6.07, 6.45) is 1.89. The molecule has 22 heavy (non-hydrogen) atoms. The van der Waals surface area contributed by atoms with Crippen LogP contribution in [0.2, 0.25) is 0 Å². The molecule has 2 saturated heterocycles. The second kappa shape index (κ2) is 5.87. The summed E-state index contributed by atoms with van der Waals surface area (Å²) in [4.78, 5) is 39.7. The standard InChI is InChI=1S/C15H26N4O3/c1-4-15(5-2)12(21)19(13(22)17-15)8-11(20)18-7-6-14(3,9-16)10-18/h4-10,16H2,1-3H3,(H,17,22). The van der Waals surface area contributed by atoms with Gasteiger partial charge in [-0.2, -0.15) is 0 Å². The molecule has 0 aliphatic carbocycles. The summed E-state index contributed by atoms with van der Waals surface area (Å²) in [5, 5.41) is 2.74. The number of hydrogen-bond acceptors (Lipinski definition) is 4. The Balaban J connectivity index is 2.04. The molecule has 2 rings (SSSR count). The zero-order chi connectivity index (χ0) is 16.5. The minimum atomic E-state index is -0.853. The number of carbonyl (C=O) groups excluding carboxylic acids is 3. The second-order valence-electron chi connectivity index (χ2n) is 6.69. The average Bonchev–Trinajstić information content (AvgIpc) is 3.02. The molecule has 0 aromatic carbocycles. The van der Waals surface area contributed by atoms with E-state index in [1.165, 1.54) is 0 Å². The van der Waals surface area contributed by atoms with Crippen molar-refractivity contribution in [3.05, 3.63) is 0 Å². The molecule has 2 heterocycles. The van der Waals surface area contributed by atoms with E-state index < -0.39 is 11.6 Å². The van der Waals surface area contributed by atoms with Gasteiger partial charge in [-0.1, -0.05) is 20.8 Å². The lowest BCUT2D eigenvalue weighted by atomic mass is 9.90. The van der Waals surface area contributed by atoms with Gasteiger partial charge in [0, 0.05) is 13.1 Å². The number of carbonyl (C=O) groups is 3. The van der Waals surface area contributed by atoms with Gasteiger partial charge in [0.05, 0.1) is 0 Å². The Morgan fingerprint density at radius 1 is 1.32 bits per heavy atom. The first kappa shape index (κ1) is 16.7. The van der Waals surface area contributed by atoms with Crippen molar-refractivity contribution in [2.75, 3.05) is 26.2 Å². The fourth-order valence-electron chi connectivity index (χ4n) is 3.19. The van der Waals surface area contributed by atoms with E-state index in [0.29, 0.717) is 32.5 Å². The van der Waals surface area contributed by atoms with E-state index in [2.05, 4.69) is 5.32 Å². The van der Waals surface area contributed by atoms with Crippen LogP contribution in [0.25, 0.3) is 0 Å². The molecule has 0 radical (unpaired) electrons. The van der Waals surface area contributed by atoms with Crippen LogP contribution in [0.3, 0.4) is 0 Å². The van der Waals surface area contributed by atoms with E-state index >= 15 is 0 Å². The molecule has 0 aromatic rings. The van der Waals surface area contributed by atoms with Crippen molar-refractivity contribution in [2.24, 2.45) is 11.1 Å². The first-order valence-corrected chi connectivity index (χ1v) is 7.93. The van der Waals surface area contributed by atoms with Gasteiger partial charge in [0.2, 0.25) is 5.91 Å². The smallest absolute Gasteiger partial charge is 0.325 e. The highest BCUT2D eigenvalue weighted by atomic mass is 16.2. The molecule has 0 spiro atoms. The molecule has 0 saturated carbocycles. The third-order valence-corrected chi connectivity index (χ3v) is 5.15. The number of rotatable bonds is 5. The highest BCUT2D eigenvalue weighted by molar-refractivity contribution is 6.09. The van der Waals surface area contributed by atoms with Gasteiger partial charge in [-0.25, -0.2) is 4.79 Å². The third kappa shape index (κ3) is 2.69. The Kier molecular flexibility index (Phi) is 4.47. The van der Waals surface area contributed by atoms with Crippen molar-refractivity contribution in [3.63, 3.8) is 0 Å². The van der Waals surface area contributed by atoms with Crippen molar-refractivity contribution in [1.82, 2.24) is 15.1 Å². The van der Waals surface area contributed by atoms with Gasteiger partial charge in [-0.3, -0.25) is 14.5 Å². The van der Waals surface area contributed by atoms with E-state index in [-0.39, 0.29) is 23.8 Å². The molecule has 7 nitrogen and oxygen atoms in total. The van der Waals surface area contributed by atoms with Crippen molar-refractivity contribution in [3.8, 4) is 0 Å². The Bertz CT molecular complexity index is 489. The molecule has 3 N–H and O–H groups in total. The van der Waals surface area contributed by atoms with Crippen LogP contribution in [0.1, 0.15) is 40.0 Å². The fourth-order valence-corrected chi connectivity index (χ4v) is 3.19. The highest BCUT2D eigenvalue weighted by Gasteiger charge is 2.49. The first-order chi connectivity index (χ1) is 10.3. The topological polar surface area (TPSA) is 95.7 Å². The molecule has 124 valence electrons. The minimum absolute atomic E-state index is 0.0659.